The Kier molecular flexibility index (Phi) is 1.98. The van der Waals surface area contributed by atoms with Crippen molar-refractivity contribution in [1.29, 1.82) is 0 Å². The lowest BCUT2D eigenvalue weighted by atomic mass is 10.4. The van der Waals surface area contributed by atoms with Crippen LogP contribution < -0.4 is 5.73 Å². The molecule has 1 fully saturated rings. The highest BCUT2D eigenvalue weighted by molar-refractivity contribution is 7.09. The summed E-state index contributed by atoms with van der Waals surface area (Å²) in [4.78, 5) is 4.59. The van der Waals surface area contributed by atoms with E-state index in [4.69, 9.17) is 5.73 Å². The summed E-state index contributed by atoms with van der Waals surface area (Å²) in [5.74, 6) is 0.742. The Hall–Kier alpha value is -1.36. The van der Waals surface area contributed by atoms with E-state index in [1.807, 2.05) is 10.9 Å². The third-order valence-electron chi connectivity index (χ3n) is 2.47. The van der Waals surface area contributed by atoms with E-state index in [1.54, 1.807) is 17.5 Å². The molecule has 0 aromatic carbocycles. The van der Waals surface area contributed by atoms with Gasteiger partial charge < -0.3 is 5.73 Å². The van der Waals surface area contributed by atoms with Crippen LogP contribution in [0.25, 0.3) is 0 Å². The monoisotopic (exact) mass is 220 g/mol. The van der Waals surface area contributed by atoms with Crippen molar-refractivity contribution in [2.75, 3.05) is 5.73 Å². The topological polar surface area (TPSA) is 56.7 Å². The van der Waals surface area contributed by atoms with Crippen LogP contribution in [0.4, 0.5) is 5.69 Å². The predicted molar refractivity (Wildman–Crippen MR) is 59.8 cm³/mol. The number of anilines is 1. The van der Waals surface area contributed by atoms with Crippen LogP contribution in [0.3, 0.4) is 0 Å². The minimum atomic E-state index is 0.702. The van der Waals surface area contributed by atoms with Crippen LogP contribution >= 0.6 is 11.3 Å². The SMILES string of the molecule is Nc1cnn(Cc2csc(C3CC3)n2)c1. The molecule has 2 N–H and O–H groups in total. The normalized spacial score (nSPS) is 15.7. The maximum Gasteiger partial charge on any atom is 0.0960 e. The van der Waals surface area contributed by atoms with Gasteiger partial charge in [-0.15, -0.1) is 11.3 Å². The largest absolute Gasteiger partial charge is 0.396 e. The molecule has 1 saturated carbocycles. The fourth-order valence-electron chi connectivity index (χ4n) is 1.55. The van der Waals surface area contributed by atoms with Crippen LogP contribution in [0.1, 0.15) is 29.5 Å². The summed E-state index contributed by atoms with van der Waals surface area (Å²) in [5, 5.41) is 7.54. The van der Waals surface area contributed by atoms with Crippen LogP contribution in [-0.2, 0) is 6.54 Å². The first-order chi connectivity index (χ1) is 7.31. The summed E-state index contributed by atoms with van der Waals surface area (Å²) in [6, 6.07) is 0. The van der Waals surface area contributed by atoms with Crippen molar-refractivity contribution in [2.45, 2.75) is 25.3 Å². The molecule has 0 unspecified atom stereocenters. The highest BCUT2D eigenvalue weighted by Gasteiger charge is 2.26. The maximum atomic E-state index is 5.59. The molecule has 4 nitrogen and oxygen atoms in total. The molecular weight excluding hydrogens is 208 g/mol. The lowest BCUT2D eigenvalue weighted by Gasteiger charge is -1.96. The third kappa shape index (κ3) is 1.87. The average Bonchev–Trinajstić information content (AvgIpc) is 2.84. The van der Waals surface area contributed by atoms with Crippen LogP contribution in [0, 0.1) is 0 Å². The van der Waals surface area contributed by atoms with Crippen molar-refractivity contribution in [3.8, 4) is 0 Å². The average molecular weight is 220 g/mol. The predicted octanol–water partition coefficient (Wildman–Crippen LogP) is 1.85. The zero-order valence-electron chi connectivity index (χ0n) is 8.26. The molecule has 78 valence electrons. The van der Waals surface area contributed by atoms with Crippen molar-refractivity contribution >= 4 is 17.0 Å². The Bertz CT molecular complexity index is 469. The quantitative estimate of drug-likeness (QED) is 0.858. The number of aromatic nitrogens is 3. The summed E-state index contributed by atoms with van der Waals surface area (Å²) in [6.45, 7) is 0.723. The molecule has 15 heavy (non-hydrogen) atoms. The van der Waals surface area contributed by atoms with E-state index in [1.165, 1.54) is 17.8 Å². The third-order valence-corrected chi connectivity index (χ3v) is 3.53. The summed E-state index contributed by atoms with van der Waals surface area (Å²) in [7, 11) is 0. The van der Waals surface area contributed by atoms with Gasteiger partial charge in [0.25, 0.3) is 0 Å². The fourth-order valence-corrected chi connectivity index (χ4v) is 2.53. The molecule has 2 aromatic heterocycles. The summed E-state index contributed by atoms with van der Waals surface area (Å²) in [5.41, 5.74) is 7.38. The van der Waals surface area contributed by atoms with Gasteiger partial charge in [0.15, 0.2) is 0 Å². The summed E-state index contributed by atoms with van der Waals surface area (Å²) in [6.07, 6.45) is 6.10. The number of thiazole rings is 1. The second-order valence-corrected chi connectivity index (χ2v) is 4.81. The van der Waals surface area contributed by atoms with Gasteiger partial charge in [-0.3, -0.25) is 4.68 Å². The number of nitrogens with zero attached hydrogens (tertiary/aromatic N) is 3. The molecule has 0 aliphatic heterocycles. The minimum absolute atomic E-state index is 0.702. The molecule has 0 amide bonds. The van der Waals surface area contributed by atoms with Gasteiger partial charge in [0.05, 0.1) is 29.1 Å². The van der Waals surface area contributed by atoms with Crippen molar-refractivity contribution in [2.24, 2.45) is 0 Å². The molecule has 2 heterocycles. The second-order valence-electron chi connectivity index (χ2n) is 3.92. The fraction of sp³-hybridized carbons (Fsp3) is 0.400. The number of rotatable bonds is 3. The van der Waals surface area contributed by atoms with Gasteiger partial charge in [-0.1, -0.05) is 0 Å². The number of nitrogen functional groups attached to an aromatic ring is 1. The Labute approximate surface area is 91.7 Å². The first-order valence-corrected chi connectivity index (χ1v) is 5.91. The van der Waals surface area contributed by atoms with Crippen molar-refractivity contribution < 1.29 is 0 Å². The zero-order chi connectivity index (χ0) is 10.3. The number of hydrogen-bond donors (Lipinski definition) is 1. The van der Waals surface area contributed by atoms with Crippen molar-refractivity contribution in [3.05, 3.63) is 28.5 Å². The molecule has 0 atom stereocenters. The van der Waals surface area contributed by atoms with Gasteiger partial charge in [0.1, 0.15) is 0 Å². The molecule has 3 rings (SSSR count). The zero-order valence-corrected chi connectivity index (χ0v) is 9.07. The van der Waals surface area contributed by atoms with E-state index in [0.717, 1.165) is 18.2 Å². The molecule has 2 aromatic rings. The molecule has 1 aliphatic carbocycles. The lowest BCUT2D eigenvalue weighted by molar-refractivity contribution is 0.674. The number of hydrogen-bond acceptors (Lipinski definition) is 4. The molecule has 0 saturated heterocycles. The van der Waals surface area contributed by atoms with E-state index in [9.17, 15) is 0 Å². The highest BCUT2D eigenvalue weighted by atomic mass is 32.1. The Balaban J connectivity index is 1.75. The maximum absolute atomic E-state index is 5.59. The molecule has 0 radical (unpaired) electrons. The molecular formula is C10H12N4S. The molecule has 1 aliphatic rings. The van der Waals surface area contributed by atoms with Gasteiger partial charge in [-0.05, 0) is 12.8 Å². The van der Waals surface area contributed by atoms with Gasteiger partial charge in [-0.2, -0.15) is 5.10 Å². The van der Waals surface area contributed by atoms with Crippen LogP contribution in [0.5, 0.6) is 0 Å². The van der Waals surface area contributed by atoms with Gasteiger partial charge in [0.2, 0.25) is 0 Å². The van der Waals surface area contributed by atoms with E-state index in [-0.39, 0.29) is 0 Å². The highest BCUT2D eigenvalue weighted by Crippen LogP contribution is 2.41. The van der Waals surface area contributed by atoms with E-state index < -0.39 is 0 Å². The second kappa shape index (κ2) is 3.34. The van der Waals surface area contributed by atoms with E-state index in [2.05, 4.69) is 15.5 Å². The molecule has 5 heteroatoms. The van der Waals surface area contributed by atoms with Gasteiger partial charge >= 0.3 is 0 Å². The Morgan fingerprint density at radius 1 is 1.53 bits per heavy atom. The standard InChI is InChI=1S/C10H12N4S/c11-8-3-12-14(4-8)5-9-6-15-10(13-9)7-1-2-7/h3-4,6-7H,1-2,5,11H2. The first kappa shape index (κ1) is 8.91. The molecule has 0 bridgehead atoms. The van der Waals surface area contributed by atoms with Crippen LogP contribution in [-0.4, -0.2) is 14.8 Å². The van der Waals surface area contributed by atoms with Crippen LogP contribution in [0.2, 0.25) is 0 Å². The van der Waals surface area contributed by atoms with E-state index >= 15 is 0 Å². The van der Waals surface area contributed by atoms with E-state index in [0.29, 0.717) is 5.69 Å². The summed E-state index contributed by atoms with van der Waals surface area (Å²) < 4.78 is 1.82. The van der Waals surface area contributed by atoms with Crippen molar-refractivity contribution in [1.82, 2.24) is 14.8 Å². The molecule has 0 spiro atoms. The van der Waals surface area contributed by atoms with Gasteiger partial charge in [0, 0.05) is 17.5 Å². The Morgan fingerprint density at radius 3 is 3.07 bits per heavy atom. The van der Waals surface area contributed by atoms with Gasteiger partial charge in [-0.25, -0.2) is 4.98 Å². The number of nitrogens with two attached hydrogens (primary N) is 1. The summed E-state index contributed by atoms with van der Waals surface area (Å²) >= 11 is 1.76. The first-order valence-electron chi connectivity index (χ1n) is 5.03. The lowest BCUT2D eigenvalue weighted by Crippen LogP contribution is -2.00. The Morgan fingerprint density at radius 2 is 2.40 bits per heavy atom. The minimum Gasteiger partial charge on any atom is -0.396 e. The smallest absolute Gasteiger partial charge is 0.0960 e. The van der Waals surface area contributed by atoms with Crippen LogP contribution in [0.15, 0.2) is 17.8 Å². The van der Waals surface area contributed by atoms with Crippen molar-refractivity contribution in [3.63, 3.8) is 0 Å².